The summed E-state index contributed by atoms with van der Waals surface area (Å²) in [5.41, 5.74) is 20.3. The summed E-state index contributed by atoms with van der Waals surface area (Å²) in [4.78, 5) is 20.4. The third-order valence-corrected chi connectivity index (χ3v) is 24.2. The van der Waals surface area contributed by atoms with Crippen LogP contribution in [0.15, 0.2) is 42.5 Å². The molecule has 0 atom stereocenters. The van der Waals surface area contributed by atoms with Gasteiger partial charge in [0.2, 0.25) is 0 Å². The van der Waals surface area contributed by atoms with Crippen LogP contribution in [0.1, 0.15) is 125 Å². The molecule has 2 aliphatic rings. The van der Waals surface area contributed by atoms with Gasteiger partial charge >= 0.3 is 19.5 Å². The average molecular weight is 765 g/mol. The summed E-state index contributed by atoms with van der Waals surface area (Å²) < 4.78 is 0. The molecule has 3 aromatic heterocycles. The molecule has 0 radical (unpaired) electrons. The number of nitrogens with zero attached hydrogens (tertiary/aromatic N) is 4. The van der Waals surface area contributed by atoms with Crippen LogP contribution >= 0.6 is 0 Å². The molecule has 7 heteroatoms. The normalized spacial score (nSPS) is 14.5. The fourth-order valence-corrected chi connectivity index (χ4v) is 19.5. The number of fused-ring (bicyclic) bond motifs is 8. The van der Waals surface area contributed by atoms with E-state index >= 15 is 0 Å². The number of aromatic nitrogens is 4. The van der Waals surface area contributed by atoms with Crippen LogP contribution in [-0.2, 0) is 31.3 Å². The first kappa shape index (κ1) is 40.8. The monoisotopic (exact) mass is 762 g/mol. The van der Waals surface area contributed by atoms with E-state index < -0.39 is 16.1 Å². The zero-order valence-electron chi connectivity index (χ0n) is 33.8. The van der Waals surface area contributed by atoms with Gasteiger partial charge < -0.3 is 9.97 Å². The van der Waals surface area contributed by atoms with Gasteiger partial charge in [0.15, 0.2) is 0 Å². The Hall–Kier alpha value is -2.96. The Kier molecular flexibility index (Phi) is 12.5. The molecule has 0 fully saturated rings. The molecule has 4 nitrogen and oxygen atoms in total. The molecule has 5 rings (SSSR count). The van der Waals surface area contributed by atoms with Gasteiger partial charge in [0.25, 0.3) is 0 Å². The van der Waals surface area contributed by atoms with Gasteiger partial charge in [-0.05, 0) is 51.5 Å². The first-order chi connectivity index (χ1) is 23.4. The summed E-state index contributed by atoms with van der Waals surface area (Å²) in [6.45, 7) is 32.9. The van der Waals surface area contributed by atoms with Crippen LogP contribution in [0.25, 0.3) is 33.7 Å². The topological polar surface area (TPSA) is 54.0 Å². The van der Waals surface area contributed by atoms with E-state index in [1.807, 2.05) is 0 Å². The maximum Gasteiger partial charge on any atom is 2.00 e. The van der Waals surface area contributed by atoms with Gasteiger partial charge in [-0.1, -0.05) is 139 Å². The molecule has 5 heterocycles. The van der Waals surface area contributed by atoms with Gasteiger partial charge in [-0.25, -0.2) is 4.98 Å². The van der Waals surface area contributed by atoms with Crippen LogP contribution in [0.3, 0.4) is 0 Å². The predicted octanol–water partition coefficient (Wildman–Crippen LogP) is 11.4. The van der Waals surface area contributed by atoms with E-state index in [1.54, 1.807) is 0 Å². The number of hydrogen-bond donors (Lipinski definition) is 0. The van der Waals surface area contributed by atoms with Gasteiger partial charge in [-0.2, -0.15) is 0 Å². The van der Waals surface area contributed by atoms with E-state index in [4.69, 9.17) is 19.9 Å². The van der Waals surface area contributed by atoms with Crippen molar-refractivity contribution in [2.45, 2.75) is 142 Å². The van der Waals surface area contributed by atoms with Crippen LogP contribution < -0.4 is 9.97 Å². The minimum Gasteiger partial charge on any atom is -0.658 e. The summed E-state index contributed by atoms with van der Waals surface area (Å²) in [5.74, 6) is 7.38. The van der Waals surface area contributed by atoms with Crippen LogP contribution in [0.4, 0.5) is 0 Å². The molecular formula is C44H58N4Si2Zn. The molecule has 0 aliphatic carbocycles. The number of hydrogen-bond acceptors (Lipinski definition) is 2. The smallest absolute Gasteiger partial charge is 0.658 e. The van der Waals surface area contributed by atoms with E-state index in [1.165, 1.54) is 0 Å². The predicted molar refractivity (Wildman–Crippen MR) is 220 cm³/mol. The minimum absolute atomic E-state index is 0. The summed E-state index contributed by atoms with van der Waals surface area (Å²) in [6, 6.07) is 14.7. The first-order valence-electron chi connectivity index (χ1n) is 18.8. The molecule has 0 unspecified atom stereocenters. The Balaban J connectivity index is 0.00000583. The number of allylic oxidation sites excluding steroid dienone is 1. The Morgan fingerprint density at radius 2 is 1.16 bits per heavy atom. The van der Waals surface area contributed by atoms with Crippen molar-refractivity contribution in [3.63, 3.8) is 0 Å². The molecule has 0 N–H and O–H groups in total. The van der Waals surface area contributed by atoms with Gasteiger partial charge in [0.05, 0.1) is 17.0 Å². The van der Waals surface area contributed by atoms with E-state index in [-0.39, 0.29) is 24.9 Å². The molecule has 51 heavy (non-hydrogen) atoms. The SMILES string of the molecule is CC(C)[Si](C#CC1=Cc2cc3nc(cc4[n-]c(cc4C#C[Si](C(C)C)(C(C)C)C(C)C)cc4ccc(cc1n2)[n-]4)CC3(C)C)(C(C)C)C(C)C.[Zn+2]. The fraction of sp³-hybridized carbons (Fsp3) is 0.500. The third kappa shape index (κ3) is 8.02. The van der Waals surface area contributed by atoms with E-state index in [0.717, 1.165) is 62.4 Å². The van der Waals surface area contributed by atoms with Crippen molar-refractivity contribution in [3.05, 3.63) is 70.8 Å². The molecule has 0 aromatic carbocycles. The van der Waals surface area contributed by atoms with Crippen molar-refractivity contribution in [3.8, 4) is 22.9 Å². The van der Waals surface area contributed by atoms with Crippen molar-refractivity contribution >= 4 is 49.9 Å². The summed E-state index contributed by atoms with van der Waals surface area (Å²) in [5, 5.41) is 0. The van der Waals surface area contributed by atoms with Gasteiger partial charge in [0, 0.05) is 28.8 Å². The molecule has 264 valence electrons. The van der Waals surface area contributed by atoms with Gasteiger partial charge in [0.1, 0.15) is 16.1 Å². The summed E-state index contributed by atoms with van der Waals surface area (Å²) >= 11 is 0. The van der Waals surface area contributed by atoms with E-state index in [2.05, 4.69) is 168 Å². The van der Waals surface area contributed by atoms with Crippen molar-refractivity contribution < 1.29 is 19.5 Å². The van der Waals surface area contributed by atoms with Crippen LogP contribution in [0, 0.1) is 22.9 Å². The van der Waals surface area contributed by atoms with E-state index in [9.17, 15) is 0 Å². The Bertz CT molecular complexity index is 2030. The van der Waals surface area contributed by atoms with Gasteiger partial charge in [-0.3, -0.25) is 4.98 Å². The molecule has 3 aromatic rings. The summed E-state index contributed by atoms with van der Waals surface area (Å²) in [7, 11) is -3.86. The molecular weight excluding hydrogens is 706 g/mol. The second-order valence-electron chi connectivity index (χ2n) is 17.2. The molecule has 2 aliphatic heterocycles. The average Bonchev–Trinajstić information content (AvgIpc) is 3.75. The maximum atomic E-state index is 5.21. The summed E-state index contributed by atoms with van der Waals surface area (Å²) in [6.07, 6.45) is 2.98. The van der Waals surface area contributed by atoms with Crippen molar-refractivity contribution in [1.29, 1.82) is 0 Å². The van der Waals surface area contributed by atoms with Crippen molar-refractivity contribution in [1.82, 2.24) is 19.9 Å². The van der Waals surface area contributed by atoms with Crippen LogP contribution in [0.2, 0.25) is 33.2 Å². The second-order valence-corrected chi connectivity index (χ2v) is 28.3. The van der Waals surface area contributed by atoms with Crippen LogP contribution in [0.5, 0.6) is 0 Å². The van der Waals surface area contributed by atoms with Crippen LogP contribution in [-0.4, -0.2) is 26.1 Å². The van der Waals surface area contributed by atoms with Gasteiger partial charge in [-0.15, -0.1) is 33.2 Å². The largest absolute Gasteiger partial charge is 2.00 e. The third-order valence-electron chi connectivity index (χ3n) is 11.6. The fourth-order valence-electron chi connectivity index (χ4n) is 9.04. The molecule has 0 amide bonds. The molecule has 8 bridgehead atoms. The first-order valence-corrected chi connectivity index (χ1v) is 23.2. The molecule has 0 spiro atoms. The van der Waals surface area contributed by atoms with Crippen molar-refractivity contribution in [2.75, 3.05) is 0 Å². The van der Waals surface area contributed by atoms with Crippen molar-refractivity contribution in [2.24, 2.45) is 0 Å². The zero-order chi connectivity index (χ0) is 36.8. The zero-order valence-corrected chi connectivity index (χ0v) is 38.8. The Labute approximate surface area is 323 Å². The Morgan fingerprint density at radius 3 is 1.71 bits per heavy atom. The quantitative estimate of drug-likeness (QED) is 0.185. The second kappa shape index (κ2) is 15.6. The maximum absolute atomic E-state index is 5.21. The standard InChI is InChI=1S/C44H58N4Si2.Zn/c1-28(2)49(29(3)4,30(5)6)19-17-34-21-38-23-36-15-16-37(45-36)24-41-35(18-20-50(31(7)8,32(9)10)33(11)12)22-39(47-41)26-43-44(13,14)27-40(48-43)25-42(34)46-38;/h15-16,21-26,28-33H,27H2,1-14H3;/q-2;+2. The number of rotatable bonds is 6. The van der Waals surface area contributed by atoms with E-state index in [0.29, 0.717) is 33.2 Å². The Morgan fingerprint density at radius 1 is 0.627 bits per heavy atom. The molecule has 0 saturated heterocycles. The minimum atomic E-state index is -1.93. The molecule has 0 saturated carbocycles.